The molecule has 50 heavy (non-hydrogen) atoms. The first-order valence-corrected chi connectivity index (χ1v) is 19.9. The molecule has 0 saturated carbocycles. The fraction of sp³-hybridized carbons (Fsp3) is 0.400. The van der Waals surface area contributed by atoms with E-state index in [2.05, 4.69) is 21.3 Å². The molecule has 0 aromatic heterocycles. The van der Waals surface area contributed by atoms with Crippen LogP contribution in [0.25, 0.3) is 0 Å². The third-order valence-electron chi connectivity index (χ3n) is 7.05. The summed E-state index contributed by atoms with van der Waals surface area (Å²) in [6.45, 7) is 0. The van der Waals surface area contributed by atoms with Gasteiger partial charge in [0.05, 0.1) is 12.1 Å². The van der Waals surface area contributed by atoms with Crippen LogP contribution in [0, 0.1) is 0 Å². The van der Waals surface area contributed by atoms with Crippen LogP contribution < -0.4 is 32.7 Å². The fourth-order valence-corrected chi connectivity index (χ4v) is 8.79. The van der Waals surface area contributed by atoms with Crippen LogP contribution in [0.3, 0.4) is 0 Å². The number of hydrogen-bond donors (Lipinski definition) is 10. The van der Waals surface area contributed by atoms with Gasteiger partial charge >= 0.3 is 11.9 Å². The maximum absolute atomic E-state index is 13.3. The molecule has 0 spiro atoms. The number of aromatic hydroxyl groups is 2. The van der Waals surface area contributed by atoms with Crippen LogP contribution in [0.1, 0.15) is 11.1 Å². The van der Waals surface area contributed by atoms with Gasteiger partial charge in [-0.05, 0) is 35.4 Å². The minimum Gasteiger partial charge on any atom is -0.508 e. The Balaban J connectivity index is 1.82. The Bertz CT molecular complexity index is 1390. The van der Waals surface area contributed by atoms with Crippen LogP contribution in [-0.4, -0.2) is 115 Å². The lowest BCUT2D eigenvalue weighted by molar-refractivity contribution is -0.142. The summed E-state index contributed by atoms with van der Waals surface area (Å²) in [6.07, 6.45) is -0.114. The van der Waals surface area contributed by atoms with E-state index < -0.39 is 71.8 Å². The van der Waals surface area contributed by atoms with Crippen molar-refractivity contribution in [1.82, 2.24) is 21.3 Å². The number of aliphatic carboxylic acids is 2. The van der Waals surface area contributed by atoms with Crippen LogP contribution in [0.4, 0.5) is 0 Å². The maximum atomic E-state index is 13.3. The lowest BCUT2D eigenvalue weighted by atomic mass is 10.0. The van der Waals surface area contributed by atoms with E-state index in [1.165, 1.54) is 48.5 Å². The highest BCUT2D eigenvalue weighted by atomic mass is 33.1. The highest BCUT2D eigenvalue weighted by molar-refractivity contribution is 8.77. The third kappa shape index (κ3) is 13.5. The average molecular weight is 771 g/mol. The molecule has 0 bridgehead atoms. The van der Waals surface area contributed by atoms with Crippen LogP contribution >= 0.6 is 43.2 Å². The monoisotopic (exact) mass is 770 g/mol. The number of nitrogens with one attached hydrogen (secondary N) is 4. The van der Waals surface area contributed by atoms with Gasteiger partial charge in [0.15, 0.2) is 0 Å². The molecule has 1 fully saturated rings. The van der Waals surface area contributed by atoms with Crippen molar-refractivity contribution in [2.75, 3.05) is 23.0 Å². The van der Waals surface area contributed by atoms with Crippen molar-refractivity contribution in [3.63, 3.8) is 0 Å². The second kappa shape index (κ2) is 20.1. The minimum atomic E-state index is -1.44. The van der Waals surface area contributed by atoms with Gasteiger partial charge in [0.1, 0.15) is 35.7 Å². The van der Waals surface area contributed by atoms with Gasteiger partial charge in [0.2, 0.25) is 23.6 Å². The molecule has 6 unspecified atom stereocenters. The quantitative estimate of drug-likeness (QED) is 0.165. The van der Waals surface area contributed by atoms with Gasteiger partial charge in [-0.3, -0.25) is 19.2 Å². The van der Waals surface area contributed by atoms with Crippen molar-refractivity contribution < 1.29 is 49.2 Å². The third-order valence-corrected chi connectivity index (χ3v) is 11.9. The lowest BCUT2D eigenvalue weighted by Gasteiger charge is -2.24. The highest BCUT2D eigenvalue weighted by Crippen LogP contribution is 2.24. The number of hydrogen-bond acceptors (Lipinski definition) is 14. The Morgan fingerprint density at radius 3 is 1.20 bits per heavy atom. The molecule has 6 atom stereocenters. The number of phenols is 2. The summed E-state index contributed by atoms with van der Waals surface area (Å²) in [5.41, 5.74) is 13.3. The molecule has 16 nitrogen and oxygen atoms in total. The number of carboxylic acids is 2. The van der Waals surface area contributed by atoms with Crippen molar-refractivity contribution >= 4 is 78.7 Å². The molecule has 2 aromatic rings. The number of carboxylic acid groups (broad SMARTS) is 2. The first-order valence-electron chi connectivity index (χ1n) is 15.0. The number of nitrogens with two attached hydrogens (primary N) is 2. The summed E-state index contributed by atoms with van der Waals surface area (Å²) in [5.74, 6) is -6.13. The number of phenolic OH excluding ortho intramolecular Hbond substituents is 2. The van der Waals surface area contributed by atoms with Gasteiger partial charge < -0.3 is 53.2 Å². The van der Waals surface area contributed by atoms with E-state index in [1.54, 1.807) is 0 Å². The molecule has 272 valence electrons. The number of rotatable bonds is 6. The topological polar surface area (TPSA) is 283 Å². The van der Waals surface area contributed by atoms with Crippen molar-refractivity contribution in [3.8, 4) is 11.5 Å². The van der Waals surface area contributed by atoms with Crippen molar-refractivity contribution in [1.29, 1.82) is 0 Å². The first-order chi connectivity index (χ1) is 23.7. The van der Waals surface area contributed by atoms with Crippen LogP contribution in [0.5, 0.6) is 11.5 Å². The lowest BCUT2D eigenvalue weighted by Crippen LogP contribution is -2.56. The van der Waals surface area contributed by atoms with Crippen molar-refractivity contribution in [3.05, 3.63) is 59.7 Å². The molecule has 20 heteroatoms. The van der Waals surface area contributed by atoms with Crippen LogP contribution in [-0.2, 0) is 41.6 Å². The second-order valence-electron chi connectivity index (χ2n) is 11.0. The fourth-order valence-electron chi connectivity index (χ4n) is 4.23. The smallest absolute Gasteiger partial charge is 0.327 e. The molecular formula is C30H38N6O10S4. The molecule has 12 N–H and O–H groups in total. The number of benzene rings is 2. The van der Waals surface area contributed by atoms with E-state index in [-0.39, 0.29) is 47.4 Å². The Morgan fingerprint density at radius 2 is 0.880 bits per heavy atom. The van der Waals surface area contributed by atoms with Gasteiger partial charge in [0, 0.05) is 35.9 Å². The van der Waals surface area contributed by atoms with E-state index in [0.29, 0.717) is 11.1 Å². The highest BCUT2D eigenvalue weighted by Gasteiger charge is 2.31. The van der Waals surface area contributed by atoms with Crippen LogP contribution in [0.2, 0.25) is 0 Å². The first kappa shape index (κ1) is 40.6. The molecule has 3 rings (SSSR count). The van der Waals surface area contributed by atoms with E-state index in [0.717, 1.165) is 43.2 Å². The summed E-state index contributed by atoms with van der Waals surface area (Å²) in [7, 11) is 4.15. The minimum absolute atomic E-state index is 0.0161. The Labute approximate surface area is 302 Å². The average Bonchev–Trinajstić information content (AvgIpc) is 3.07. The van der Waals surface area contributed by atoms with E-state index in [1.807, 2.05) is 0 Å². The molecule has 0 radical (unpaired) electrons. The van der Waals surface area contributed by atoms with Gasteiger partial charge in [-0.25, -0.2) is 9.59 Å². The standard InChI is InChI=1S/C30H38N6O10S4/c31-19-11-47-48-12-20(32)26(40)34-22(10-16-3-7-18(38)8-4-16)28(42)36-24(30(45)46)14-50-49-13-23(29(43)44)35-27(41)21(33-25(19)39)9-15-1-5-17(37)6-2-15/h1-8,19-24,37-38H,9-14,31-32H2,(H,33,39)(H,34,40)(H,35,41)(H,36,42)(H,43,44)(H,45,46). The molecule has 1 aliphatic heterocycles. The van der Waals surface area contributed by atoms with E-state index >= 15 is 0 Å². The summed E-state index contributed by atoms with van der Waals surface area (Å²) >= 11 is 0. The molecule has 1 aliphatic rings. The van der Waals surface area contributed by atoms with E-state index in [4.69, 9.17) is 11.5 Å². The number of carbonyl (C=O) groups excluding carboxylic acids is 4. The molecule has 0 aliphatic carbocycles. The molecule has 1 heterocycles. The van der Waals surface area contributed by atoms with Crippen molar-refractivity contribution in [2.24, 2.45) is 11.5 Å². The normalized spacial score (nSPS) is 25.4. The molecule has 4 amide bonds. The summed E-state index contributed by atoms with van der Waals surface area (Å²) in [6, 6.07) is 4.16. The molecular weight excluding hydrogens is 733 g/mol. The Kier molecular flexibility index (Phi) is 16.4. The predicted molar refractivity (Wildman–Crippen MR) is 192 cm³/mol. The summed E-state index contributed by atoms with van der Waals surface area (Å²) in [5, 5.41) is 48.8. The zero-order chi connectivity index (χ0) is 36.8. The Morgan fingerprint density at radius 1 is 0.560 bits per heavy atom. The maximum Gasteiger partial charge on any atom is 0.327 e. The second-order valence-corrected chi connectivity index (χ2v) is 16.1. The number of amides is 4. The van der Waals surface area contributed by atoms with Gasteiger partial charge in [0.25, 0.3) is 0 Å². The predicted octanol–water partition coefficient (Wildman–Crippen LogP) is -0.578. The zero-order valence-corrected chi connectivity index (χ0v) is 29.6. The molecule has 2 aromatic carbocycles. The van der Waals surface area contributed by atoms with Gasteiger partial charge in [-0.1, -0.05) is 67.4 Å². The Hall–Kier alpha value is -3.82. The van der Waals surface area contributed by atoms with Crippen molar-refractivity contribution in [2.45, 2.75) is 49.1 Å². The van der Waals surface area contributed by atoms with Gasteiger partial charge in [-0.15, -0.1) is 0 Å². The van der Waals surface area contributed by atoms with Crippen LogP contribution in [0.15, 0.2) is 48.5 Å². The summed E-state index contributed by atoms with van der Waals surface area (Å²) < 4.78 is 0. The largest absolute Gasteiger partial charge is 0.508 e. The zero-order valence-electron chi connectivity index (χ0n) is 26.4. The van der Waals surface area contributed by atoms with Gasteiger partial charge in [-0.2, -0.15) is 0 Å². The SMILES string of the molecule is NC1CSSCC(N)C(=O)NC(Cc2ccc(O)cc2)C(=O)NC(C(=O)O)CSSCC(C(=O)O)NC(=O)C(Cc2ccc(O)cc2)NC1=O. The number of carbonyl (C=O) groups is 6. The molecule has 1 saturated heterocycles. The van der Waals surface area contributed by atoms with E-state index in [9.17, 15) is 49.2 Å². The summed E-state index contributed by atoms with van der Waals surface area (Å²) in [4.78, 5) is 76.8.